The smallest absolute Gasteiger partial charge is 0.0971 e. The van der Waals surface area contributed by atoms with Crippen LogP contribution in [0.4, 0.5) is 0 Å². The summed E-state index contributed by atoms with van der Waals surface area (Å²) in [5, 5.41) is 0. The molecule has 110 valence electrons. The number of nitrogens with zero attached hydrogens (tertiary/aromatic N) is 2. The highest BCUT2D eigenvalue weighted by Gasteiger charge is 2.54. The van der Waals surface area contributed by atoms with Crippen LogP contribution in [0, 0.1) is 11.8 Å². The summed E-state index contributed by atoms with van der Waals surface area (Å²) in [6, 6.07) is 0. The molecule has 3 rings (SSSR count). The summed E-state index contributed by atoms with van der Waals surface area (Å²) in [4.78, 5) is 5.14. The minimum Gasteiger partial charge on any atom is -0.369 e. The van der Waals surface area contributed by atoms with Crippen molar-refractivity contribution in [2.45, 2.75) is 44.6 Å². The van der Waals surface area contributed by atoms with Gasteiger partial charge in [-0.2, -0.15) is 0 Å². The number of ether oxygens (including phenoxy) is 1. The lowest BCUT2D eigenvalue weighted by Crippen LogP contribution is -2.46. The molecule has 0 N–H and O–H groups in total. The molecule has 0 saturated carbocycles. The Morgan fingerprint density at radius 3 is 2.68 bits per heavy atom. The summed E-state index contributed by atoms with van der Waals surface area (Å²) in [6.45, 7) is 9.95. The lowest BCUT2D eigenvalue weighted by Gasteiger charge is -2.38. The molecule has 0 aromatic carbocycles. The molecule has 3 nitrogen and oxygen atoms in total. The summed E-state index contributed by atoms with van der Waals surface area (Å²) in [5.74, 6) is 1.58. The van der Waals surface area contributed by atoms with E-state index in [1.54, 1.807) is 0 Å². The van der Waals surface area contributed by atoms with E-state index in [2.05, 4.69) is 23.8 Å². The van der Waals surface area contributed by atoms with Crippen LogP contribution < -0.4 is 0 Å². The predicted molar refractivity (Wildman–Crippen MR) is 78.4 cm³/mol. The summed E-state index contributed by atoms with van der Waals surface area (Å²) in [6.07, 6.45) is 6.84. The first-order valence-electron chi connectivity index (χ1n) is 8.24. The fourth-order valence-electron chi connectivity index (χ4n) is 4.15. The van der Waals surface area contributed by atoms with Crippen LogP contribution in [0.15, 0.2) is 0 Å². The summed E-state index contributed by atoms with van der Waals surface area (Å²) in [7, 11) is 2.26. The zero-order chi connectivity index (χ0) is 13.3. The molecule has 0 aliphatic carbocycles. The van der Waals surface area contributed by atoms with Crippen molar-refractivity contribution in [3.05, 3.63) is 0 Å². The van der Waals surface area contributed by atoms with Gasteiger partial charge in [0.1, 0.15) is 0 Å². The van der Waals surface area contributed by atoms with E-state index in [9.17, 15) is 0 Å². The van der Waals surface area contributed by atoms with Crippen LogP contribution in [0.25, 0.3) is 0 Å². The monoisotopic (exact) mass is 266 g/mol. The number of hydrogen-bond donors (Lipinski definition) is 0. The lowest BCUT2D eigenvalue weighted by molar-refractivity contribution is 0.0629. The van der Waals surface area contributed by atoms with Crippen LogP contribution in [0.1, 0.15) is 39.0 Å². The minimum atomic E-state index is 0.291. The van der Waals surface area contributed by atoms with Crippen molar-refractivity contribution in [2.24, 2.45) is 11.8 Å². The van der Waals surface area contributed by atoms with Crippen LogP contribution in [0.3, 0.4) is 0 Å². The molecule has 1 spiro atoms. The molecule has 0 bridgehead atoms. The van der Waals surface area contributed by atoms with Crippen molar-refractivity contribution in [3.8, 4) is 0 Å². The highest BCUT2D eigenvalue weighted by molar-refractivity contribution is 5.03. The normalized spacial score (nSPS) is 37.9. The maximum atomic E-state index is 5.86. The molecule has 0 amide bonds. The van der Waals surface area contributed by atoms with Gasteiger partial charge in [0.25, 0.3) is 0 Å². The summed E-state index contributed by atoms with van der Waals surface area (Å²) < 4.78 is 5.86. The number of likely N-dealkylation sites (tertiary alicyclic amines) is 2. The van der Waals surface area contributed by atoms with E-state index >= 15 is 0 Å². The largest absolute Gasteiger partial charge is 0.369 e. The first-order chi connectivity index (χ1) is 9.20. The Morgan fingerprint density at radius 2 is 2.00 bits per heavy atom. The van der Waals surface area contributed by atoms with Crippen molar-refractivity contribution < 1.29 is 4.74 Å². The SMILES string of the molecule is CC(CCCN1CCCC1)[C@H]1CN(C)CC[C@]12CO2. The zero-order valence-corrected chi connectivity index (χ0v) is 12.7. The molecule has 0 aromatic rings. The zero-order valence-electron chi connectivity index (χ0n) is 12.7. The van der Waals surface area contributed by atoms with Gasteiger partial charge in [0.15, 0.2) is 0 Å². The van der Waals surface area contributed by atoms with E-state index in [1.165, 1.54) is 64.8 Å². The Balaban J connectivity index is 1.44. The van der Waals surface area contributed by atoms with Gasteiger partial charge in [0.2, 0.25) is 0 Å². The topological polar surface area (TPSA) is 19.0 Å². The van der Waals surface area contributed by atoms with Gasteiger partial charge in [-0.05, 0) is 64.7 Å². The second-order valence-corrected chi connectivity index (χ2v) is 7.14. The molecule has 3 heterocycles. The average molecular weight is 266 g/mol. The molecule has 0 radical (unpaired) electrons. The lowest BCUT2D eigenvalue weighted by atomic mass is 9.76. The minimum absolute atomic E-state index is 0.291. The quantitative estimate of drug-likeness (QED) is 0.711. The van der Waals surface area contributed by atoms with Gasteiger partial charge in [-0.1, -0.05) is 6.92 Å². The van der Waals surface area contributed by atoms with E-state index < -0.39 is 0 Å². The van der Waals surface area contributed by atoms with Crippen LogP contribution in [-0.4, -0.2) is 61.8 Å². The Labute approximate surface area is 118 Å². The van der Waals surface area contributed by atoms with Crippen molar-refractivity contribution in [3.63, 3.8) is 0 Å². The third-order valence-corrected chi connectivity index (χ3v) is 5.64. The summed E-state index contributed by atoms with van der Waals surface area (Å²) >= 11 is 0. The predicted octanol–water partition coefficient (Wildman–Crippen LogP) is 2.22. The number of epoxide rings is 1. The Hall–Kier alpha value is -0.120. The molecular weight excluding hydrogens is 236 g/mol. The second kappa shape index (κ2) is 5.71. The first kappa shape index (κ1) is 13.8. The molecule has 3 heteroatoms. The average Bonchev–Trinajstić information content (AvgIpc) is 2.97. The standard InChI is InChI=1S/C16H30N2O/c1-14(6-5-10-18-8-3-4-9-18)15-12-17(2)11-7-16(15)13-19-16/h14-15H,3-13H2,1-2H3/t14?,15-,16+/m1/s1. The maximum Gasteiger partial charge on any atom is 0.0971 e. The Kier molecular flexibility index (Phi) is 4.16. The summed E-state index contributed by atoms with van der Waals surface area (Å²) in [5.41, 5.74) is 0.291. The Morgan fingerprint density at radius 1 is 1.26 bits per heavy atom. The van der Waals surface area contributed by atoms with E-state index in [0.717, 1.165) is 18.4 Å². The third-order valence-electron chi connectivity index (χ3n) is 5.64. The Bertz CT molecular complexity index is 297. The van der Waals surface area contributed by atoms with Crippen molar-refractivity contribution in [2.75, 3.05) is 46.4 Å². The fourth-order valence-corrected chi connectivity index (χ4v) is 4.15. The molecule has 3 atom stereocenters. The third kappa shape index (κ3) is 3.14. The van der Waals surface area contributed by atoms with Crippen LogP contribution >= 0.6 is 0 Å². The first-order valence-corrected chi connectivity index (χ1v) is 8.24. The van der Waals surface area contributed by atoms with Gasteiger partial charge in [-0.3, -0.25) is 0 Å². The highest BCUT2D eigenvalue weighted by atomic mass is 16.6. The van der Waals surface area contributed by atoms with Gasteiger partial charge < -0.3 is 14.5 Å². The molecule has 1 unspecified atom stereocenters. The van der Waals surface area contributed by atoms with Gasteiger partial charge in [0, 0.05) is 19.0 Å². The molecule has 3 aliphatic heterocycles. The van der Waals surface area contributed by atoms with Crippen molar-refractivity contribution in [1.82, 2.24) is 9.80 Å². The number of piperidine rings is 1. The van der Waals surface area contributed by atoms with Crippen LogP contribution in [0.2, 0.25) is 0 Å². The molecular formula is C16H30N2O. The van der Waals surface area contributed by atoms with Crippen LogP contribution in [0.5, 0.6) is 0 Å². The highest BCUT2D eigenvalue weighted by Crippen LogP contribution is 2.46. The molecule has 19 heavy (non-hydrogen) atoms. The van der Waals surface area contributed by atoms with Gasteiger partial charge in [-0.25, -0.2) is 0 Å². The maximum absolute atomic E-state index is 5.86. The molecule has 3 fully saturated rings. The van der Waals surface area contributed by atoms with Crippen molar-refractivity contribution in [1.29, 1.82) is 0 Å². The number of hydrogen-bond acceptors (Lipinski definition) is 3. The van der Waals surface area contributed by atoms with E-state index in [0.29, 0.717) is 5.60 Å². The second-order valence-electron chi connectivity index (χ2n) is 7.14. The van der Waals surface area contributed by atoms with Gasteiger partial charge >= 0.3 is 0 Å². The van der Waals surface area contributed by atoms with Crippen LogP contribution in [-0.2, 0) is 4.74 Å². The fraction of sp³-hybridized carbons (Fsp3) is 1.00. The van der Waals surface area contributed by atoms with Gasteiger partial charge in [0.05, 0.1) is 12.2 Å². The molecule has 3 aliphatic rings. The molecule has 3 saturated heterocycles. The van der Waals surface area contributed by atoms with Gasteiger partial charge in [-0.15, -0.1) is 0 Å². The number of rotatable bonds is 5. The van der Waals surface area contributed by atoms with Crippen molar-refractivity contribution >= 4 is 0 Å². The van der Waals surface area contributed by atoms with E-state index in [1.807, 2.05) is 0 Å². The van der Waals surface area contributed by atoms with E-state index in [4.69, 9.17) is 4.74 Å². The molecule has 0 aromatic heterocycles. The van der Waals surface area contributed by atoms with E-state index in [-0.39, 0.29) is 0 Å².